The molecule has 1 aromatic heterocycles. The van der Waals surface area contributed by atoms with E-state index in [1.807, 2.05) is 6.20 Å². The van der Waals surface area contributed by atoms with Crippen molar-refractivity contribution in [2.75, 3.05) is 13.1 Å². The molecule has 0 aliphatic carbocycles. The predicted octanol–water partition coefficient (Wildman–Crippen LogP) is 1.54. The van der Waals surface area contributed by atoms with Crippen LogP contribution >= 0.6 is 11.3 Å². The first-order chi connectivity index (χ1) is 8.27. The number of amides is 1. The fourth-order valence-corrected chi connectivity index (χ4v) is 2.96. The Hall–Kier alpha value is -0.940. The topological polar surface area (TPSA) is 54.0 Å². The maximum absolute atomic E-state index is 12.3. The first-order valence-corrected chi connectivity index (χ1v) is 7.01. The summed E-state index contributed by atoms with van der Waals surface area (Å²) in [5.74, 6) is 0.192. The van der Waals surface area contributed by atoms with Gasteiger partial charge in [0.2, 0.25) is 5.91 Å². The zero-order valence-electron chi connectivity index (χ0n) is 10.2. The lowest BCUT2D eigenvalue weighted by atomic mass is 9.81. The minimum atomic E-state index is -0.181. The molecular formula is C12H19N3OS. The molecule has 2 heterocycles. The molecular weight excluding hydrogens is 234 g/mol. The number of hydrogen-bond donors (Lipinski definition) is 2. The van der Waals surface area contributed by atoms with Crippen LogP contribution in [0.2, 0.25) is 0 Å². The van der Waals surface area contributed by atoms with Gasteiger partial charge in [0.1, 0.15) is 0 Å². The van der Waals surface area contributed by atoms with E-state index in [1.54, 1.807) is 16.8 Å². The smallest absolute Gasteiger partial charge is 0.227 e. The van der Waals surface area contributed by atoms with Crippen LogP contribution in [0.1, 0.15) is 31.1 Å². The Morgan fingerprint density at radius 3 is 3.18 bits per heavy atom. The van der Waals surface area contributed by atoms with Gasteiger partial charge in [0.15, 0.2) is 0 Å². The molecule has 0 spiro atoms. The van der Waals surface area contributed by atoms with E-state index < -0.39 is 0 Å². The average molecular weight is 253 g/mol. The first kappa shape index (κ1) is 12.5. The molecule has 1 atom stereocenters. The van der Waals surface area contributed by atoms with E-state index in [1.165, 1.54) is 0 Å². The molecule has 4 nitrogen and oxygen atoms in total. The molecule has 2 rings (SSSR count). The number of nitrogens with zero attached hydrogens (tertiary/aromatic N) is 1. The highest BCUT2D eigenvalue weighted by atomic mass is 32.1. The summed E-state index contributed by atoms with van der Waals surface area (Å²) >= 11 is 1.58. The van der Waals surface area contributed by atoms with Gasteiger partial charge in [0, 0.05) is 17.6 Å². The molecule has 1 unspecified atom stereocenters. The van der Waals surface area contributed by atoms with Crippen LogP contribution in [-0.4, -0.2) is 24.0 Å². The van der Waals surface area contributed by atoms with Gasteiger partial charge in [-0.2, -0.15) is 0 Å². The largest absolute Gasteiger partial charge is 0.351 e. The van der Waals surface area contributed by atoms with Crippen LogP contribution in [0, 0.1) is 5.41 Å². The second kappa shape index (κ2) is 5.60. The van der Waals surface area contributed by atoms with Crippen molar-refractivity contribution in [3.05, 3.63) is 16.6 Å². The van der Waals surface area contributed by atoms with Gasteiger partial charge in [0.05, 0.1) is 17.5 Å². The van der Waals surface area contributed by atoms with Gasteiger partial charge in [-0.15, -0.1) is 11.3 Å². The summed E-state index contributed by atoms with van der Waals surface area (Å²) in [5, 5.41) is 6.35. The van der Waals surface area contributed by atoms with Gasteiger partial charge < -0.3 is 10.6 Å². The third kappa shape index (κ3) is 2.84. The second-order valence-electron chi connectivity index (χ2n) is 4.61. The molecule has 0 radical (unpaired) electrons. The summed E-state index contributed by atoms with van der Waals surface area (Å²) in [7, 11) is 0. The number of carbonyl (C=O) groups is 1. The molecule has 2 N–H and O–H groups in total. The summed E-state index contributed by atoms with van der Waals surface area (Å²) in [5.41, 5.74) is 1.61. The molecule has 1 aliphatic rings. The van der Waals surface area contributed by atoms with Crippen molar-refractivity contribution in [3.8, 4) is 0 Å². The fourth-order valence-electron chi connectivity index (χ4n) is 2.43. The van der Waals surface area contributed by atoms with E-state index in [-0.39, 0.29) is 11.3 Å². The number of carbonyl (C=O) groups excluding carboxylic acids is 1. The summed E-state index contributed by atoms with van der Waals surface area (Å²) in [6.45, 7) is 4.51. The van der Waals surface area contributed by atoms with E-state index in [0.29, 0.717) is 6.54 Å². The van der Waals surface area contributed by atoms with Gasteiger partial charge in [-0.05, 0) is 19.4 Å². The Morgan fingerprint density at radius 2 is 2.59 bits per heavy atom. The number of hydrogen-bond acceptors (Lipinski definition) is 4. The minimum Gasteiger partial charge on any atom is -0.351 e. The number of rotatable bonds is 5. The Bertz CT molecular complexity index is 358. The van der Waals surface area contributed by atoms with Crippen molar-refractivity contribution in [1.82, 2.24) is 15.6 Å². The van der Waals surface area contributed by atoms with Gasteiger partial charge in [-0.1, -0.05) is 13.3 Å². The van der Waals surface area contributed by atoms with Crippen LogP contribution in [0.5, 0.6) is 0 Å². The van der Waals surface area contributed by atoms with Gasteiger partial charge in [-0.3, -0.25) is 9.78 Å². The maximum atomic E-state index is 12.3. The summed E-state index contributed by atoms with van der Waals surface area (Å²) in [6.07, 6.45) is 4.78. The molecule has 1 amide bonds. The lowest BCUT2D eigenvalue weighted by molar-refractivity contribution is -0.130. The third-order valence-corrected chi connectivity index (χ3v) is 4.14. The van der Waals surface area contributed by atoms with Crippen LogP contribution in [-0.2, 0) is 11.3 Å². The highest BCUT2D eigenvalue weighted by Gasteiger charge is 2.39. The second-order valence-corrected chi connectivity index (χ2v) is 5.58. The molecule has 1 fully saturated rings. The van der Waals surface area contributed by atoms with E-state index in [2.05, 4.69) is 22.5 Å². The molecule has 17 heavy (non-hydrogen) atoms. The fraction of sp³-hybridized carbons (Fsp3) is 0.667. The zero-order valence-corrected chi connectivity index (χ0v) is 11.0. The van der Waals surface area contributed by atoms with Gasteiger partial charge in [0.25, 0.3) is 0 Å². The zero-order chi connectivity index (χ0) is 12.1. The molecule has 0 aromatic carbocycles. The number of thiazole rings is 1. The Kier molecular flexibility index (Phi) is 4.12. The van der Waals surface area contributed by atoms with E-state index in [4.69, 9.17) is 0 Å². The molecule has 94 valence electrons. The van der Waals surface area contributed by atoms with Crippen LogP contribution in [0.25, 0.3) is 0 Å². The van der Waals surface area contributed by atoms with E-state index in [0.717, 1.165) is 37.2 Å². The van der Waals surface area contributed by atoms with E-state index in [9.17, 15) is 4.79 Å². The first-order valence-electron chi connectivity index (χ1n) is 6.13. The van der Waals surface area contributed by atoms with Gasteiger partial charge in [-0.25, -0.2) is 0 Å². The standard InChI is InChI=1S/C12H19N3OS/c1-2-3-12(4-5-13-8-12)11(16)15-7-10-6-14-9-17-10/h6,9,13H,2-5,7-8H2,1H3,(H,15,16). The quantitative estimate of drug-likeness (QED) is 0.837. The van der Waals surface area contributed by atoms with Crippen molar-refractivity contribution in [1.29, 1.82) is 0 Å². The number of nitrogens with one attached hydrogen (secondary N) is 2. The average Bonchev–Trinajstić information content (AvgIpc) is 2.97. The SMILES string of the molecule is CCCC1(C(=O)NCc2cncs2)CCNC1. The highest BCUT2D eigenvalue weighted by Crippen LogP contribution is 2.31. The molecule has 0 bridgehead atoms. The van der Waals surface area contributed by atoms with Crippen LogP contribution < -0.4 is 10.6 Å². The van der Waals surface area contributed by atoms with Crippen molar-refractivity contribution in [3.63, 3.8) is 0 Å². The normalized spacial score (nSPS) is 23.8. The Labute approximate surface area is 106 Å². The van der Waals surface area contributed by atoms with Crippen LogP contribution in [0.4, 0.5) is 0 Å². The Morgan fingerprint density at radius 1 is 1.71 bits per heavy atom. The maximum Gasteiger partial charge on any atom is 0.227 e. The lowest BCUT2D eigenvalue weighted by Gasteiger charge is -2.26. The molecule has 5 heteroatoms. The van der Waals surface area contributed by atoms with Crippen molar-refractivity contribution in [2.24, 2.45) is 5.41 Å². The monoisotopic (exact) mass is 253 g/mol. The summed E-state index contributed by atoms with van der Waals surface area (Å²) in [6, 6.07) is 0. The Balaban J connectivity index is 1.92. The van der Waals surface area contributed by atoms with Crippen molar-refractivity contribution >= 4 is 17.2 Å². The summed E-state index contributed by atoms with van der Waals surface area (Å²) in [4.78, 5) is 17.4. The highest BCUT2D eigenvalue weighted by molar-refractivity contribution is 7.09. The molecule has 0 saturated carbocycles. The van der Waals surface area contributed by atoms with E-state index >= 15 is 0 Å². The van der Waals surface area contributed by atoms with Crippen molar-refractivity contribution in [2.45, 2.75) is 32.7 Å². The summed E-state index contributed by atoms with van der Waals surface area (Å²) < 4.78 is 0. The number of aromatic nitrogens is 1. The van der Waals surface area contributed by atoms with Crippen molar-refractivity contribution < 1.29 is 4.79 Å². The van der Waals surface area contributed by atoms with Gasteiger partial charge >= 0.3 is 0 Å². The molecule has 1 aliphatic heterocycles. The van der Waals surface area contributed by atoms with Crippen LogP contribution in [0.15, 0.2) is 11.7 Å². The predicted molar refractivity (Wildman–Crippen MR) is 68.8 cm³/mol. The lowest BCUT2D eigenvalue weighted by Crippen LogP contribution is -2.42. The molecule has 1 saturated heterocycles. The third-order valence-electron chi connectivity index (χ3n) is 3.36. The van der Waals surface area contributed by atoms with Crippen LogP contribution in [0.3, 0.4) is 0 Å². The molecule has 1 aromatic rings. The minimum absolute atomic E-state index is 0.181.